The van der Waals surface area contributed by atoms with Crippen molar-refractivity contribution in [3.63, 3.8) is 0 Å². The monoisotopic (exact) mass is 421 g/mol. The van der Waals surface area contributed by atoms with E-state index in [0.29, 0.717) is 36.2 Å². The fourth-order valence-electron chi connectivity index (χ4n) is 3.94. The van der Waals surface area contributed by atoms with Gasteiger partial charge in [-0.15, -0.1) is 0 Å². The third-order valence-corrected chi connectivity index (χ3v) is 5.29. The molecule has 0 spiro atoms. The third-order valence-electron chi connectivity index (χ3n) is 5.29. The first-order valence-electron chi connectivity index (χ1n) is 10.5. The number of carbonyl (C=O) groups is 1. The van der Waals surface area contributed by atoms with Crippen molar-refractivity contribution in [2.24, 2.45) is 0 Å². The number of anilines is 1. The lowest BCUT2D eigenvalue weighted by Crippen LogP contribution is -2.29. The number of nitrogens with zero attached hydrogens (tertiary/aromatic N) is 2. The molecular weight excluding hydrogens is 394 g/mol. The number of aromatic nitrogens is 2. The molecular formula is C24H27N3O4. The second kappa shape index (κ2) is 8.71. The van der Waals surface area contributed by atoms with Crippen molar-refractivity contribution >= 4 is 23.0 Å². The van der Waals surface area contributed by atoms with Crippen LogP contribution in [-0.4, -0.2) is 35.8 Å². The van der Waals surface area contributed by atoms with Crippen molar-refractivity contribution in [2.45, 2.75) is 33.2 Å². The van der Waals surface area contributed by atoms with E-state index in [0.717, 1.165) is 28.7 Å². The summed E-state index contributed by atoms with van der Waals surface area (Å²) in [6, 6.07) is 13.2. The Morgan fingerprint density at radius 2 is 1.97 bits per heavy atom. The molecule has 1 atom stereocenters. The molecule has 3 aromatic rings. The van der Waals surface area contributed by atoms with Crippen LogP contribution in [0.4, 0.5) is 5.95 Å². The van der Waals surface area contributed by atoms with Gasteiger partial charge in [-0.1, -0.05) is 25.1 Å². The van der Waals surface area contributed by atoms with Crippen LogP contribution in [-0.2, 0) is 9.53 Å². The first kappa shape index (κ1) is 20.8. The van der Waals surface area contributed by atoms with E-state index in [1.807, 2.05) is 54.0 Å². The van der Waals surface area contributed by atoms with Crippen molar-refractivity contribution in [2.75, 3.05) is 25.6 Å². The first-order valence-corrected chi connectivity index (χ1v) is 10.5. The number of methoxy groups -OCH3 is 1. The molecule has 162 valence electrons. The van der Waals surface area contributed by atoms with Crippen LogP contribution >= 0.6 is 0 Å². The summed E-state index contributed by atoms with van der Waals surface area (Å²) in [5.41, 5.74) is 3.92. The number of allylic oxidation sites excluding steroid dienone is 1. The van der Waals surface area contributed by atoms with Crippen LogP contribution in [0.15, 0.2) is 53.7 Å². The normalized spacial score (nSPS) is 15.4. The summed E-state index contributed by atoms with van der Waals surface area (Å²) >= 11 is 0. The summed E-state index contributed by atoms with van der Waals surface area (Å²) in [5, 5.41) is 3.28. The largest absolute Gasteiger partial charge is 0.493 e. The number of nitrogens with one attached hydrogen (secondary N) is 1. The molecule has 0 bridgehead atoms. The predicted octanol–water partition coefficient (Wildman–Crippen LogP) is 4.69. The van der Waals surface area contributed by atoms with E-state index in [2.05, 4.69) is 12.2 Å². The molecule has 0 aliphatic carbocycles. The number of esters is 1. The molecule has 2 heterocycles. The van der Waals surface area contributed by atoms with Crippen molar-refractivity contribution in [3.05, 3.63) is 59.3 Å². The summed E-state index contributed by atoms with van der Waals surface area (Å²) in [7, 11) is 1.62. The highest BCUT2D eigenvalue weighted by Crippen LogP contribution is 2.41. The van der Waals surface area contributed by atoms with Crippen molar-refractivity contribution in [3.8, 4) is 11.5 Å². The van der Waals surface area contributed by atoms with Crippen LogP contribution in [0.25, 0.3) is 11.0 Å². The summed E-state index contributed by atoms with van der Waals surface area (Å²) in [5.74, 6) is 1.63. The van der Waals surface area contributed by atoms with Gasteiger partial charge in [0, 0.05) is 5.70 Å². The van der Waals surface area contributed by atoms with Gasteiger partial charge >= 0.3 is 5.97 Å². The molecule has 1 aliphatic heterocycles. The van der Waals surface area contributed by atoms with Crippen LogP contribution in [0.5, 0.6) is 11.5 Å². The maximum Gasteiger partial charge on any atom is 0.338 e. The second-order valence-corrected chi connectivity index (χ2v) is 7.34. The Kier molecular flexibility index (Phi) is 5.84. The van der Waals surface area contributed by atoms with Gasteiger partial charge in [-0.25, -0.2) is 9.78 Å². The average molecular weight is 421 g/mol. The number of carbonyl (C=O) groups excluding carboxylic acids is 1. The molecule has 7 heteroatoms. The van der Waals surface area contributed by atoms with Gasteiger partial charge in [-0.3, -0.25) is 4.57 Å². The van der Waals surface area contributed by atoms with Gasteiger partial charge in [0.1, 0.15) is 0 Å². The minimum Gasteiger partial charge on any atom is -0.493 e. The van der Waals surface area contributed by atoms with E-state index in [1.54, 1.807) is 14.0 Å². The fourth-order valence-corrected chi connectivity index (χ4v) is 3.94. The lowest BCUT2D eigenvalue weighted by molar-refractivity contribution is -0.139. The van der Waals surface area contributed by atoms with Crippen LogP contribution in [0, 0.1) is 0 Å². The van der Waals surface area contributed by atoms with Crippen molar-refractivity contribution < 1.29 is 19.0 Å². The molecule has 31 heavy (non-hydrogen) atoms. The molecule has 0 saturated heterocycles. The predicted molar refractivity (Wildman–Crippen MR) is 120 cm³/mol. The zero-order valence-corrected chi connectivity index (χ0v) is 18.3. The molecule has 0 fully saturated rings. The SMILES string of the molecule is CCCOc1ccc([C@@H]2C(C(=O)OCC)=C(C)Nc3nc4ccccc4n32)cc1OC. The van der Waals surface area contributed by atoms with Gasteiger partial charge < -0.3 is 19.5 Å². The standard InChI is InChI=1S/C24H27N3O4/c1-5-13-31-19-12-11-16(14-20(19)29-4)22-21(23(28)30-6-2)15(3)25-24-26-17-9-7-8-10-18(17)27(22)24/h7-12,14,22H,5-6,13H2,1-4H3,(H,25,26)/t22-/m1/s1. The highest BCUT2D eigenvalue weighted by Gasteiger charge is 2.35. The lowest BCUT2D eigenvalue weighted by atomic mass is 9.94. The van der Waals surface area contributed by atoms with Crippen molar-refractivity contribution in [1.82, 2.24) is 9.55 Å². The second-order valence-electron chi connectivity index (χ2n) is 7.34. The number of hydrogen-bond acceptors (Lipinski definition) is 6. The Bertz CT molecular complexity index is 1150. The van der Waals surface area contributed by atoms with Crippen LogP contribution in [0.1, 0.15) is 38.8 Å². The molecule has 1 N–H and O–H groups in total. The summed E-state index contributed by atoms with van der Waals surface area (Å²) in [4.78, 5) is 17.7. The Hall–Kier alpha value is -3.48. The minimum atomic E-state index is -0.420. The quantitative estimate of drug-likeness (QED) is 0.558. The number of imidazole rings is 1. The smallest absolute Gasteiger partial charge is 0.338 e. The van der Waals surface area contributed by atoms with E-state index < -0.39 is 6.04 Å². The molecule has 7 nitrogen and oxygen atoms in total. The Morgan fingerprint density at radius 3 is 2.71 bits per heavy atom. The Balaban J connectivity index is 1.91. The molecule has 0 unspecified atom stereocenters. The van der Waals surface area contributed by atoms with E-state index in [1.165, 1.54) is 0 Å². The third kappa shape index (κ3) is 3.71. The molecule has 1 aliphatic rings. The maximum absolute atomic E-state index is 13.0. The Morgan fingerprint density at radius 1 is 1.16 bits per heavy atom. The fraction of sp³-hybridized carbons (Fsp3) is 0.333. The van der Waals surface area contributed by atoms with Gasteiger partial charge in [0.2, 0.25) is 5.95 Å². The number of fused-ring (bicyclic) bond motifs is 3. The average Bonchev–Trinajstić information content (AvgIpc) is 3.14. The van der Waals surface area contributed by atoms with Crippen LogP contribution in [0.2, 0.25) is 0 Å². The van der Waals surface area contributed by atoms with Gasteiger partial charge in [0.05, 0.1) is 43.0 Å². The summed E-state index contributed by atoms with van der Waals surface area (Å²) in [6.45, 7) is 6.64. The highest BCUT2D eigenvalue weighted by molar-refractivity contribution is 5.94. The molecule has 0 amide bonds. The number of rotatable bonds is 7. The van der Waals surface area contributed by atoms with E-state index in [-0.39, 0.29) is 5.97 Å². The van der Waals surface area contributed by atoms with Crippen LogP contribution in [0.3, 0.4) is 0 Å². The van der Waals surface area contributed by atoms with E-state index in [9.17, 15) is 4.79 Å². The molecule has 1 aromatic heterocycles. The van der Waals surface area contributed by atoms with Crippen molar-refractivity contribution in [1.29, 1.82) is 0 Å². The van der Waals surface area contributed by atoms with Gasteiger partial charge in [0.25, 0.3) is 0 Å². The molecule has 2 aromatic carbocycles. The number of ether oxygens (including phenoxy) is 3. The van der Waals surface area contributed by atoms with Gasteiger partial charge in [-0.2, -0.15) is 0 Å². The topological polar surface area (TPSA) is 74.6 Å². The van der Waals surface area contributed by atoms with E-state index >= 15 is 0 Å². The molecule has 0 saturated carbocycles. The number of hydrogen-bond donors (Lipinski definition) is 1. The van der Waals surface area contributed by atoms with E-state index in [4.69, 9.17) is 19.2 Å². The minimum absolute atomic E-state index is 0.299. The lowest BCUT2D eigenvalue weighted by Gasteiger charge is -2.30. The Labute approximate surface area is 181 Å². The van der Waals surface area contributed by atoms with Gasteiger partial charge in [0.15, 0.2) is 11.5 Å². The summed E-state index contributed by atoms with van der Waals surface area (Å²) in [6.07, 6.45) is 0.901. The maximum atomic E-state index is 13.0. The number of benzene rings is 2. The number of para-hydroxylation sites is 2. The molecule has 4 rings (SSSR count). The first-order chi connectivity index (χ1) is 15.1. The summed E-state index contributed by atoms with van der Waals surface area (Å²) < 4.78 is 18.9. The molecule has 0 radical (unpaired) electrons. The zero-order valence-electron chi connectivity index (χ0n) is 18.3. The highest BCUT2D eigenvalue weighted by atomic mass is 16.5. The van der Waals surface area contributed by atoms with Crippen LogP contribution < -0.4 is 14.8 Å². The zero-order chi connectivity index (χ0) is 22.0. The van der Waals surface area contributed by atoms with Gasteiger partial charge in [-0.05, 0) is 50.1 Å².